The summed E-state index contributed by atoms with van der Waals surface area (Å²) >= 11 is 0. The Labute approximate surface area is 155 Å². The Hall–Kier alpha value is -2.82. The second kappa shape index (κ2) is 8.52. The Bertz CT molecular complexity index is 800. The van der Waals surface area contributed by atoms with Gasteiger partial charge in [-0.1, -0.05) is 18.2 Å². The molecule has 2 amide bonds. The Morgan fingerprint density at radius 1 is 1.08 bits per heavy atom. The smallest absolute Gasteiger partial charge is 0.244 e. The normalized spacial score (nSPS) is 10.5. The molecule has 0 fully saturated rings. The van der Waals surface area contributed by atoms with Gasteiger partial charge in [0.05, 0.1) is 11.8 Å². The van der Waals surface area contributed by atoms with Crippen LogP contribution in [0.2, 0.25) is 0 Å². The molecule has 5 nitrogen and oxygen atoms in total. The molecule has 0 aromatic heterocycles. The van der Waals surface area contributed by atoms with Crippen molar-refractivity contribution in [2.24, 2.45) is 0 Å². The summed E-state index contributed by atoms with van der Waals surface area (Å²) in [5, 5.41) is 2.85. The molecule has 0 spiro atoms. The van der Waals surface area contributed by atoms with Gasteiger partial charge in [-0.15, -0.1) is 0 Å². The summed E-state index contributed by atoms with van der Waals surface area (Å²) < 4.78 is 5.78. The summed E-state index contributed by atoms with van der Waals surface area (Å²) in [6.07, 6.45) is -0.0330. The van der Waals surface area contributed by atoms with Crippen molar-refractivity contribution >= 4 is 23.2 Å². The van der Waals surface area contributed by atoms with Crippen LogP contribution in [0.5, 0.6) is 5.75 Å². The quantitative estimate of drug-likeness (QED) is 0.850. The zero-order chi connectivity index (χ0) is 19.3. The maximum atomic E-state index is 12.5. The molecule has 0 bridgehead atoms. The zero-order valence-corrected chi connectivity index (χ0v) is 16.0. The number of hydrogen-bond acceptors (Lipinski definition) is 3. The van der Waals surface area contributed by atoms with Crippen LogP contribution in [-0.2, 0) is 9.59 Å². The van der Waals surface area contributed by atoms with Gasteiger partial charge in [0.15, 0.2) is 0 Å². The summed E-state index contributed by atoms with van der Waals surface area (Å²) in [6.45, 7) is 9.20. The Morgan fingerprint density at radius 2 is 1.77 bits per heavy atom. The van der Waals surface area contributed by atoms with E-state index in [1.807, 2.05) is 58.0 Å². The lowest BCUT2D eigenvalue weighted by molar-refractivity contribution is -0.120. The molecule has 138 valence electrons. The van der Waals surface area contributed by atoms with Crippen LogP contribution < -0.4 is 15.0 Å². The van der Waals surface area contributed by atoms with Gasteiger partial charge in [-0.05, 0) is 63.1 Å². The summed E-state index contributed by atoms with van der Waals surface area (Å²) in [5.74, 6) is 0.0968. The molecular formula is C21H26N2O3. The maximum absolute atomic E-state index is 12.5. The highest BCUT2D eigenvalue weighted by atomic mass is 16.5. The van der Waals surface area contributed by atoms with Gasteiger partial charge in [0, 0.05) is 12.6 Å². The van der Waals surface area contributed by atoms with Crippen molar-refractivity contribution in [2.75, 3.05) is 16.8 Å². The van der Waals surface area contributed by atoms with Crippen LogP contribution in [0.25, 0.3) is 0 Å². The number of nitrogens with zero attached hydrogens (tertiary/aromatic N) is 1. The van der Waals surface area contributed by atoms with Crippen LogP contribution in [0.4, 0.5) is 11.4 Å². The van der Waals surface area contributed by atoms with E-state index < -0.39 is 0 Å². The summed E-state index contributed by atoms with van der Waals surface area (Å²) in [4.78, 5) is 26.1. The number of carbonyl (C=O) groups excluding carboxylic acids is 2. The van der Waals surface area contributed by atoms with Gasteiger partial charge in [-0.3, -0.25) is 14.5 Å². The van der Waals surface area contributed by atoms with E-state index >= 15 is 0 Å². The first-order chi connectivity index (χ1) is 12.3. The molecule has 2 aromatic carbocycles. The number of nitrogens with one attached hydrogen (secondary N) is 1. The third-order valence-electron chi connectivity index (χ3n) is 3.99. The van der Waals surface area contributed by atoms with Crippen molar-refractivity contribution in [3.8, 4) is 5.75 Å². The van der Waals surface area contributed by atoms with Gasteiger partial charge in [-0.2, -0.15) is 0 Å². The molecule has 0 unspecified atom stereocenters. The van der Waals surface area contributed by atoms with Gasteiger partial charge in [0.1, 0.15) is 12.3 Å². The number of amides is 2. The van der Waals surface area contributed by atoms with Gasteiger partial charge in [0.2, 0.25) is 11.8 Å². The van der Waals surface area contributed by atoms with E-state index in [-0.39, 0.29) is 24.5 Å². The van der Waals surface area contributed by atoms with Gasteiger partial charge >= 0.3 is 0 Å². The fourth-order valence-corrected chi connectivity index (χ4v) is 2.56. The van der Waals surface area contributed by atoms with Gasteiger partial charge in [0.25, 0.3) is 0 Å². The number of carbonyl (C=O) groups is 2. The van der Waals surface area contributed by atoms with Crippen LogP contribution in [0.3, 0.4) is 0 Å². The minimum absolute atomic E-state index is 0.0330. The van der Waals surface area contributed by atoms with E-state index in [4.69, 9.17) is 4.74 Å². The Kier molecular flexibility index (Phi) is 6.39. The fourth-order valence-electron chi connectivity index (χ4n) is 2.56. The van der Waals surface area contributed by atoms with Crippen molar-refractivity contribution in [1.29, 1.82) is 0 Å². The molecule has 2 aromatic rings. The highest BCUT2D eigenvalue weighted by molar-refractivity contribution is 6.02. The number of ether oxygens (including phenoxy) is 1. The van der Waals surface area contributed by atoms with Crippen LogP contribution in [0, 0.1) is 13.8 Å². The molecule has 0 aliphatic heterocycles. The summed E-state index contributed by atoms with van der Waals surface area (Å²) in [6, 6.07) is 13.0. The molecule has 5 heteroatoms. The largest absolute Gasteiger partial charge is 0.489 e. The van der Waals surface area contributed by atoms with Gasteiger partial charge < -0.3 is 10.1 Å². The first kappa shape index (κ1) is 19.5. The molecular weight excluding hydrogens is 328 g/mol. The topological polar surface area (TPSA) is 58.6 Å². The van der Waals surface area contributed by atoms with Crippen molar-refractivity contribution < 1.29 is 14.3 Å². The Morgan fingerprint density at radius 3 is 2.38 bits per heavy atom. The van der Waals surface area contributed by atoms with E-state index in [1.54, 1.807) is 12.1 Å². The van der Waals surface area contributed by atoms with E-state index in [2.05, 4.69) is 5.32 Å². The highest BCUT2D eigenvalue weighted by Crippen LogP contribution is 2.29. The van der Waals surface area contributed by atoms with Crippen LogP contribution in [0.1, 0.15) is 31.9 Å². The van der Waals surface area contributed by atoms with Gasteiger partial charge in [-0.25, -0.2) is 0 Å². The second-order valence-electron chi connectivity index (χ2n) is 6.59. The first-order valence-electron chi connectivity index (χ1n) is 8.69. The van der Waals surface area contributed by atoms with E-state index in [9.17, 15) is 9.59 Å². The van der Waals surface area contributed by atoms with E-state index in [0.29, 0.717) is 17.1 Å². The maximum Gasteiger partial charge on any atom is 0.244 e. The molecule has 2 rings (SSSR count). The fraction of sp³-hybridized carbons (Fsp3) is 0.333. The van der Waals surface area contributed by atoms with E-state index in [0.717, 1.165) is 11.1 Å². The lowest BCUT2D eigenvalue weighted by Crippen LogP contribution is -2.37. The summed E-state index contributed by atoms with van der Waals surface area (Å²) in [7, 11) is 0. The zero-order valence-electron chi connectivity index (χ0n) is 16.0. The van der Waals surface area contributed by atoms with Crippen LogP contribution >= 0.6 is 0 Å². The third kappa shape index (κ3) is 5.09. The lowest BCUT2D eigenvalue weighted by Gasteiger charge is -2.24. The first-order valence-corrected chi connectivity index (χ1v) is 8.69. The van der Waals surface area contributed by atoms with Crippen LogP contribution in [0.15, 0.2) is 42.5 Å². The highest BCUT2D eigenvalue weighted by Gasteiger charge is 2.20. The number of benzene rings is 2. The molecule has 26 heavy (non-hydrogen) atoms. The molecule has 0 saturated carbocycles. The molecule has 0 aliphatic carbocycles. The van der Waals surface area contributed by atoms with Crippen molar-refractivity contribution in [1.82, 2.24) is 0 Å². The summed E-state index contributed by atoms with van der Waals surface area (Å²) in [5.41, 5.74) is 3.56. The number of hydrogen-bond donors (Lipinski definition) is 1. The molecule has 0 aliphatic rings. The predicted molar refractivity (Wildman–Crippen MR) is 105 cm³/mol. The Balaban J connectivity index is 2.19. The second-order valence-corrected chi connectivity index (χ2v) is 6.59. The predicted octanol–water partition coefficient (Wildman–Crippen LogP) is 4.08. The SMILES string of the molecule is CC(=O)N(CC(=O)Nc1ccc(C)c(C)c1)c1ccccc1OC(C)C. The van der Waals surface area contributed by atoms with Crippen molar-refractivity contribution in [3.63, 3.8) is 0 Å². The number of anilines is 2. The number of aryl methyl sites for hydroxylation is 2. The molecule has 0 heterocycles. The molecule has 0 atom stereocenters. The lowest BCUT2D eigenvalue weighted by atomic mass is 10.1. The number of rotatable bonds is 6. The monoisotopic (exact) mass is 354 g/mol. The standard InChI is InChI=1S/C21H26N2O3/c1-14(2)26-20-9-7-6-8-19(20)23(17(5)24)13-21(25)22-18-11-10-15(3)16(4)12-18/h6-12,14H,13H2,1-5H3,(H,22,25). The average Bonchev–Trinajstić information content (AvgIpc) is 2.56. The van der Waals surface area contributed by atoms with E-state index in [1.165, 1.54) is 11.8 Å². The van der Waals surface area contributed by atoms with Crippen LogP contribution in [-0.4, -0.2) is 24.5 Å². The molecule has 1 N–H and O–H groups in total. The minimum Gasteiger partial charge on any atom is -0.489 e. The molecule has 0 radical (unpaired) electrons. The van der Waals surface area contributed by atoms with Crippen molar-refractivity contribution in [2.45, 2.75) is 40.7 Å². The molecule has 0 saturated heterocycles. The average molecular weight is 354 g/mol. The minimum atomic E-state index is -0.261. The third-order valence-corrected chi connectivity index (χ3v) is 3.99. The van der Waals surface area contributed by atoms with Crippen molar-refractivity contribution in [3.05, 3.63) is 53.6 Å². The number of para-hydroxylation sites is 2.